The summed E-state index contributed by atoms with van der Waals surface area (Å²) in [6, 6.07) is 14.2. The summed E-state index contributed by atoms with van der Waals surface area (Å²) < 4.78 is 1.55. The van der Waals surface area contributed by atoms with Crippen LogP contribution in [0.3, 0.4) is 0 Å². The van der Waals surface area contributed by atoms with Crippen molar-refractivity contribution >= 4 is 16.8 Å². The predicted molar refractivity (Wildman–Crippen MR) is 122 cm³/mol. The van der Waals surface area contributed by atoms with Gasteiger partial charge in [-0.05, 0) is 69.0 Å². The van der Waals surface area contributed by atoms with Gasteiger partial charge in [0.2, 0.25) is 0 Å². The van der Waals surface area contributed by atoms with E-state index in [9.17, 15) is 14.7 Å². The first kappa shape index (κ1) is 21.2. The maximum atomic E-state index is 12.9. The number of carbonyl (C=O) groups excluding carboxylic acids is 1. The minimum Gasteiger partial charge on any atom is -0.388 e. The molecular weight excluding hydrogens is 390 g/mol. The zero-order valence-corrected chi connectivity index (χ0v) is 18.1. The average molecular weight is 420 g/mol. The molecule has 1 saturated carbocycles. The zero-order chi connectivity index (χ0) is 22.0. The highest BCUT2D eigenvalue weighted by molar-refractivity contribution is 5.94. The summed E-state index contributed by atoms with van der Waals surface area (Å²) >= 11 is 0. The van der Waals surface area contributed by atoms with Crippen LogP contribution in [0, 0.1) is 12.8 Å². The van der Waals surface area contributed by atoms with Crippen LogP contribution < -0.4 is 10.9 Å². The molecule has 6 heteroatoms. The molecule has 2 N–H and O–H groups in total. The quantitative estimate of drug-likeness (QED) is 0.660. The van der Waals surface area contributed by atoms with Gasteiger partial charge in [0.1, 0.15) is 5.82 Å². The standard InChI is InChI=1S/C25H29N3O3/c1-17-27-22-11-7-6-10-21(22)24(30)28(17)20-14-12-18(13-15-20)23(29)26-16-25(2,31)19-8-4-3-5-9-19/h6-7,10-15,19,31H,3-5,8-9,16H2,1-2H3,(H,26,29)/t25-/m1/s1. The van der Waals surface area contributed by atoms with Crippen LogP contribution in [0.25, 0.3) is 16.6 Å². The van der Waals surface area contributed by atoms with Crippen molar-refractivity contribution in [3.8, 4) is 5.69 Å². The smallest absolute Gasteiger partial charge is 0.265 e. The number of hydrogen-bond donors (Lipinski definition) is 2. The van der Waals surface area contributed by atoms with Gasteiger partial charge in [0.15, 0.2) is 0 Å². The average Bonchev–Trinajstić information content (AvgIpc) is 2.78. The Hall–Kier alpha value is -2.99. The van der Waals surface area contributed by atoms with Gasteiger partial charge in [0.25, 0.3) is 11.5 Å². The molecule has 0 aliphatic heterocycles. The maximum absolute atomic E-state index is 12.9. The fourth-order valence-electron chi connectivity index (χ4n) is 4.54. The third kappa shape index (κ3) is 4.39. The molecule has 1 aliphatic rings. The summed E-state index contributed by atoms with van der Waals surface area (Å²) in [6.45, 7) is 3.83. The SMILES string of the molecule is Cc1nc2ccccc2c(=O)n1-c1ccc(C(=O)NC[C@@](C)(O)C2CCCCC2)cc1. The monoisotopic (exact) mass is 419 g/mol. The first-order chi connectivity index (χ1) is 14.9. The molecule has 1 fully saturated rings. The van der Waals surface area contributed by atoms with E-state index in [1.165, 1.54) is 6.42 Å². The van der Waals surface area contributed by atoms with Gasteiger partial charge in [-0.25, -0.2) is 4.98 Å². The summed E-state index contributed by atoms with van der Waals surface area (Å²) in [4.78, 5) is 30.1. The molecular formula is C25H29N3O3. The van der Waals surface area contributed by atoms with Crippen molar-refractivity contribution in [1.82, 2.24) is 14.9 Å². The summed E-state index contributed by atoms with van der Waals surface area (Å²) in [5.41, 5.74) is 0.775. The molecule has 0 saturated heterocycles. The Labute approximate surface area is 181 Å². The Morgan fingerprint density at radius 3 is 2.52 bits per heavy atom. The number of benzene rings is 2. The van der Waals surface area contributed by atoms with Gasteiger partial charge >= 0.3 is 0 Å². The van der Waals surface area contributed by atoms with E-state index in [4.69, 9.17) is 0 Å². The number of rotatable bonds is 5. The van der Waals surface area contributed by atoms with E-state index >= 15 is 0 Å². The van der Waals surface area contributed by atoms with Gasteiger partial charge in [-0.3, -0.25) is 14.2 Å². The number of nitrogens with zero attached hydrogens (tertiary/aromatic N) is 2. The molecule has 2 aromatic carbocycles. The molecule has 31 heavy (non-hydrogen) atoms. The molecule has 1 aromatic heterocycles. The largest absolute Gasteiger partial charge is 0.388 e. The Morgan fingerprint density at radius 2 is 1.81 bits per heavy atom. The lowest BCUT2D eigenvalue weighted by Gasteiger charge is -2.35. The van der Waals surface area contributed by atoms with Crippen molar-refractivity contribution in [3.05, 3.63) is 70.3 Å². The van der Waals surface area contributed by atoms with Gasteiger partial charge in [0, 0.05) is 12.1 Å². The molecule has 0 unspecified atom stereocenters. The van der Waals surface area contributed by atoms with Crippen LogP contribution in [0.1, 0.15) is 55.2 Å². The van der Waals surface area contributed by atoms with E-state index in [1.807, 2.05) is 25.1 Å². The van der Waals surface area contributed by atoms with Crippen molar-refractivity contribution in [2.24, 2.45) is 5.92 Å². The summed E-state index contributed by atoms with van der Waals surface area (Å²) in [6.07, 6.45) is 5.51. The van der Waals surface area contributed by atoms with Crippen LogP contribution in [0.5, 0.6) is 0 Å². The number of aryl methyl sites for hydroxylation is 1. The van der Waals surface area contributed by atoms with Gasteiger partial charge in [-0.2, -0.15) is 0 Å². The van der Waals surface area contributed by atoms with Crippen molar-refractivity contribution in [2.45, 2.75) is 51.6 Å². The Kier molecular flexibility index (Phi) is 5.92. The molecule has 1 amide bonds. The van der Waals surface area contributed by atoms with Crippen molar-refractivity contribution in [3.63, 3.8) is 0 Å². The molecule has 0 spiro atoms. The number of amides is 1. The number of fused-ring (bicyclic) bond motifs is 1. The minimum atomic E-state index is -0.906. The number of hydrogen-bond acceptors (Lipinski definition) is 4. The molecule has 6 nitrogen and oxygen atoms in total. The van der Waals surface area contributed by atoms with Crippen LogP contribution in [0.4, 0.5) is 0 Å². The normalized spacial score (nSPS) is 16.7. The lowest BCUT2D eigenvalue weighted by Crippen LogP contribution is -2.46. The molecule has 1 aliphatic carbocycles. The predicted octanol–water partition coefficient (Wildman–Crippen LogP) is 3.76. The molecule has 1 atom stereocenters. The van der Waals surface area contributed by atoms with Crippen LogP contribution >= 0.6 is 0 Å². The highest BCUT2D eigenvalue weighted by atomic mass is 16.3. The third-order valence-electron chi connectivity index (χ3n) is 6.42. The van der Waals surface area contributed by atoms with Crippen LogP contribution in [-0.4, -0.2) is 32.7 Å². The Morgan fingerprint density at radius 1 is 1.13 bits per heavy atom. The molecule has 0 radical (unpaired) electrons. The molecule has 3 aromatic rings. The topological polar surface area (TPSA) is 84.2 Å². The lowest BCUT2D eigenvalue weighted by molar-refractivity contribution is -0.0143. The van der Waals surface area contributed by atoms with Crippen molar-refractivity contribution in [2.75, 3.05) is 6.54 Å². The summed E-state index contributed by atoms with van der Waals surface area (Å²) in [5, 5.41) is 14.2. The molecule has 1 heterocycles. The van der Waals surface area contributed by atoms with Gasteiger partial charge in [-0.15, -0.1) is 0 Å². The zero-order valence-electron chi connectivity index (χ0n) is 18.1. The number of aromatic nitrogens is 2. The van der Waals surface area contributed by atoms with E-state index < -0.39 is 5.60 Å². The fourth-order valence-corrected chi connectivity index (χ4v) is 4.54. The van der Waals surface area contributed by atoms with Crippen molar-refractivity contribution in [1.29, 1.82) is 0 Å². The third-order valence-corrected chi connectivity index (χ3v) is 6.42. The fraction of sp³-hybridized carbons (Fsp3) is 0.400. The van der Waals surface area contributed by atoms with E-state index in [0.29, 0.717) is 28.0 Å². The Bertz CT molecular complexity index is 1140. The molecule has 4 rings (SSSR count). The Balaban J connectivity index is 1.50. The number of nitrogens with one attached hydrogen (secondary N) is 1. The maximum Gasteiger partial charge on any atom is 0.265 e. The van der Waals surface area contributed by atoms with Gasteiger partial charge < -0.3 is 10.4 Å². The molecule has 162 valence electrons. The van der Waals surface area contributed by atoms with Crippen LogP contribution in [-0.2, 0) is 0 Å². The number of para-hydroxylation sites is 1. The lowest BCUT2D eigenvalue weighted by atomic mass is 9.78. The number of carbonyl (C=O) groups is 1. The van der Waals surface area contributed by atoms with E-state index in [0.717, 1.165) is 25.7 Å². The number of aliphatic hydroxyl groups is 1. The second-order valence-electron chi connectivity index (χ2n) is 8.74. The highest BCUT2D eigenvalue weighted by Crippen LogP contribution is 2.32. The highest BCUT2D eigenvalue weighted by Gasteiger charge is 2.33. The summed E-state index contributed by atoms with van der Waals surface area (Å²) in [5.74, 6) is 0.576. The minimum absolute atomic E-state index is 0.135. The first-order valence-corrected chi connectivity index (χ1v) is 11.0. The second-order valence-corrected chi connectivity index (χ2v) is 8.74. The van der Waals surface area contributed by atoms with E-state index in [2.05, 4.69) is 10.3 Å². The van der Waals surface area contributed by atoms with Crippen LogP contribution in [0.15, 0.2) is 53.3 Å². The van der Waals surface area contributed by atoms with Gasteiger partial charge in [0.05, 0.1) is 22.2 Å². The van der Waals surface area contributed by atoms with Crippen molar-refractivity contribution < 1.29 is 9.90 Å². The van der Waals surface area contributed by atoms with Gasteiger partial charge in [-0.1, -0.05) is 31.4 Å². The van der Waals surface area contributed by atoms with E-state index in [1.54, 1.807) is 41.8 Å². The second kappa shape index (κ2) is 8.63. The molecule has 0 bridgehead atoms. The van der Waals surface area contributed by atoms with E-state index in [-0.39, 0.29) is 23.9 Å². The summed E-state index contributed by atoms with van der Waals surface area (Å²) in [7, 11) is 0. The van der Waals surface area contributed by atoms with Crippen LogP contribution in [0.2, 0.25) is 0 Å². The first-order valence-electron chi connectivity index (χ1n) is 11.0.